The van der Waals surface area contributed by atoms with Gasteiger partial charge in [0.25, 0.3) is 0 Å². The van der Waals surface area contributed by atoms with E-state index in [1.807, 2.05) is 103 Å². The van der Waals surface area contributed by atoms with Gasteiger partial charge in [-0.2, -0.15) is 0 Å². The van der Waals surface area contributed by atoms with Gasteiger partial charge in [0.05, 0.1) is 13.2 Å². The lowest BCUT2D eigenvalue weighted by atomic mass is 10.0. The van der Waals surface area contributed by atoms with E-state index in [-0.39, 0.29) is 17.6 Å². The van der Waals surface area contributed by atoms with Crippen LogP contribution in [0.4, 0.5) is 0 Å². The van der Waals surface area contributed by atoms with Crippen molar-refractivity contribution in [3.05, 3.63) is 114 Å². The Morgan fingerprint density at radius 2 is 1.32 bits per heavy atom. The standard InChI is InChI=1S/C31H36O5S/c1-23(2)19-20-27(35-21-24-13-7-4-8-14-24)29(36-22-25-15-9-5-10-16-25)28(32)30(34-3)31(33)37-26-17-11-6-12-18-26/h4-20,23,27-30,32H,21-22H2,1-3H3/b20-19+/t27-,28-,29+,30-/m1/s1. The molecule has 6 heteroatoms. The Kier molecular flexibility index (Phi) is 12.1. The van der Waals surface area contributed by atoms with Crippen LogP contribution in [0.25, 0.3) is 0 Å². The van der Waals surface area contributed by atoms with Gasteiger partial charge in [-0.25, -0.2) is 0 Å². The van der Waals surface area contributed by atoms with Crippen molar-refractivity contribution in [2.75, 3.05) is 7.11 Å². The predicted molar refractivity (Wildman–Crippen MR) is 148 cm³/mol. The maximum atomic E-state index is 13.2. The van der Waals surface area contributed by atoms with Crippen molar-refractivity contribution in [3.63, 3.8) is 0 Å². The fraction of sp³-hybridized carbons (Fsp3) is 0.323. The molecule has 37 heavy (non-hydrogen) atoms. The molecule has 3 aromatic carbocycles. The Hall–Kier alpha value is -2.74. The second-order valence-electron chi connectivity index (χ2n) is 9.03. The molecule has 3 aromatic rings. The molecule has 0 spiro atoms. The number of benzene rings is 3. The summed E-state index contributed by atoms with van der Waals surface area (Å²) < 4.78 is 18.1. The van der Waals surface area contributed by atoms with Crippen LogP contribution in [0.3, 0.4) is 0 Å². The molecule has 4 atom stereocenters. The Bertz CT molecular complexity index is 1070. The number of hydrogen-bond donors (Lipinski definition) is 1. The largest absolute Gasteiger partial charge is 0.387 e. The quantitative estimate of drug-likeness (QED) is 0.206. The monoisotopic (exact) mass is 520 g/mol. The molecule has 0 amide bonds. The number of methoxy groups -OCH3 is 1. The minimum Gasteiger partial charge on any atom is -0.387 e. The summed E-state index contributed by atoms with van der Waals surface area (Å²) in [6, 6.07) is 28.9. The molecular formula is C31H36O5S. The zero-order chi connectivity index (χ0) is 26.5. The number of ether oxygens (including phenoxy) is 3. The van der Waals surface area contributed by atoms with Crippen molar-refractivity contribution in [3.8, 4) is 0 Å². The van der Waals surface area contributed by atoms with Gasteiger partial charge in [0, 0.05) is 12.0 Å². The predicted octanol–water partition coefficient (Wildman–Crippen LogP) is 6.06. The van der Waals surface area contributed by atoms with Crippen LogP contribution in [0.5, 0.6) is 0 Å². The second-order valence-corrected chi connectivity index (χ2v) is 10.1. The SMILES string of the molecule is CO[C@@H](C(=O)Sc1ccccc1)[C@H](O)[C@@H](OCc1ccccc1)[C@@H](/C=C/C(C)C)OCc1ccccc1. The molecular weight excluding hydrogens is 484 g/mol. The van der Waals surface area contributed by atoms with Crippen LogP contribution in [0.2, 0.25) is 0 Å². The Balaban J connectivity index is 1.86. The Morgan fingerprint density at radius 1 is 0.811 bits per heavy atom. The van der Waals surface area contributed by atoms with Crippen LogP contribution in [-0.2, 0) is 32.2 Å². The summed E-state index contributed by atoms with van der Waals surface area (Å²) in [5, 5.41) is 11.2. The lowest BCUT2D eigenvalue weighted by Crippen LogP contribution is -2.49. The molecule has 0 saturated heterocycles. The maximum Gasteiger partial charge on any atom is 0.225 e. The molecule has 0 unspecified atom stereocenters. The number of aliphatic hydroxyl groups is 1. The number of allylic oxidation sites excluding steroid dienone is 1. The number of carbonyl (C=O) groups excluding carboxylic acids is 1. The summed E-state index contributed by atoms with van der Waals surface area (Å²) in [5.41, 5.74) is 1.95. The van der Waals surface area contributed by atoms with E-state index < -0.39 is 24.4 Å². The summed E-state index contributed by atoms with van der Waals surface area (Å²) in [6.45, 7) is 4.72. The van der Waals surface area contributed by atoms with Crippen LogP contribution >= 0.6 is 11.8 Å². The number of rotatable bonds is 14. The van der Waals surface area contributed by atoms with E-state index in [2.05, 4.69) is 13.8 Å². The zero-order valence-corrected chi connectivity index (χ0v) is 22.4. The summed E-state index contributed by atoms with van der Waals surface area (Å²) >= 11 is 1.04. The lowest BCUT2D eigenvalue weighted by Gasteiger charge is -2.32. The van der Waals surface area contributed by atoms with E-state index in [9.17, 15) is 9.90 Å². The molecule has 0 bridgehead atoms. The highest BCUT2D eigenvalue weighted by Crippen LogP contribution is 2.26. The normalized spacial score (nSPS) is 14.9. The van der Waals surface area contributed by atoms with Crippen LogP contribution in [0.15, 0.2) is 108 Å². The van der Waals surface area contributed by atoms with Crippen LogP contribution in [0.1, 0.15) is 25.0 Å². The number of thioether (sulfide) groups is 1. The average molecular weight is 521 g/mol. The van der Waals surface area contributed by atoms with Gasteiger partial charge in [-0.3, -0.25) is 4.79 Å². The molecule has 1 N–H and O–H groups in total. The molecule has 0 aliphatic carbocycles. The zero-order valence-electron chi connectivity index (χ0n) is 21.6. The molecule has 0 radical (unpaired) electrons. The van der Waals surface area contributed by atoms with Crippen molar-refractivity contribution in [2.24, 2.45) is 5.92 Å². The van der Waals surface area contributed by atoms with E-state index in [0.717, 1.165) is 27.8 Å². The first-order valence-corrected chi connectivity index (χ1v) is 13.3. The van der Waals surface area contributed by atoms with E-state index in [0.29, 0.717) is 6.61 Å². The van der Waals surface area contributed by atoms with Crippen LogP contribution in [-0.4, -0.2) is 41.7 Å². The van der Waals surface area contributed by atoms with Gasteiger partial charge < -0.3 is 19.3 Å². The van der Waals surface area contributed by atoms with Crippen LogP contribution < -0.4 is 0 Å². The van der Waals surface area contributed by atoms with Gasteiger partial charge in [0.1, 0.15) is 18.3 Å². The van der Waals surface area contributed by atoms with Crippen molar-refractivity contribution in [1.82, 2.24) is 0 Å². The first kappa shape index (κ1) is 28.8. The van der Waals surface area contributed by atoms with Gasteiger partial charge in [0.2, 0.25) is 5.12 Å². The van der Waals surface area contributed by atoms with Crippen molar-refractivity contribution in [1.29, 1.82) is 0 Å². The van der Waals surface area contributed by atoms with E-state index in [1.54, 1.807) is 0 Å². The van der Waals surface area contributed by atoms with Gasteiger partial charge in [-0.05, 0) is 40.9 Å². The van der Waals surface area contributed by atoms with Crippen molar-refractivity contribution < 1.29 is 24.1 Å². The van der Waals surface area contributed by atoms with Gasteiger partial charge in [-0.15, -0.1) is 0 Å². The summed E-state index contributed by atoms with van der Waals surface area (Å²) in [5.74, 6) is 0.267. The maximum absolute atomic E-state index is 13.2. The molecule has 0 aromatic heterocycles. The summed E-state index contributed by atoms with van der Waals surface area (Å²) in [6.07, 6.45) is 0.0754. The fourth-order valence-corrected chi connectivity index (χ4v) is 4.60. The smallest absolute Gasteiger partial charge is 0.225 e. The molecule has 0 saturated carbocycles. The van der Waals surface area contributed by atoms with Gasteiger partial charge >= 0.3 is 0 Å². The highest BCUT2D eigenvalue weighted by molar-refractivity contribution is 8.13. The first-order valence-electron chi connectivity index (χ1n) is 12.4. The number of carbonyl (C=O) groups is 1. The van der Waals surface area contributed by atoms with E-state index >= 15 is 0 Å². The van der Waals surface area contributed by atoms with Gasteiger partial charge in [-0.1, -0.05) is 105 Å². The van der Waals surface area contributed by atoms with Crippen molar-refractivity contribution in [2.45, 2.75) is 56.4 Å². The summed E-state index contributed by atoms with van der Waals surface area (Å²) in [4.78, 5) is 14.0. The minimum absolute atomic E-state index is 0.250. The third kappa shape index (κ3) is 9.58. The molecule has 3 rings (SSSR count). The lowest BCUT2D eigenvalue weighted by molar-refractivity contribution is -0.157. The first-order chi connectivity index (χ1) is 18.0. The average Bonchev–Trinajstić information content (AvgIpc) is 2.91. The molecule has 0 aliphatic heterocycles. The third-order valence-electron chi connectivity index (χ3n) is 5.67. The molecule has 196 valence electrons. The topological polar surface area (TPSA) is 65.0 Å². The molecule has 0 aliphatic rings. The van der Waals surface area contributed by atoms with E-state index in [1.165, 1.54) is 7.11 Å². The molecule has 0 heterocycles. The third-order valence-corrected chi connectivity index (χ3v) is 6.62. The second kappa shape index (κ2) is 15.5. The minimum atomic E-state index is -1.27. The Labute approximate surface area is 224 Å². The van der Waals surface area contributed by atoms with E-state index in [4.69, 9.17) is 14.2 Å². The summed E-state index contributed by atoms with van der Waals surface area (Å²) in [7, 11) is 1.43. The number of aliphatic hydroxyl groups excluding tert-OH is 1. The molecule has 0 fully saturated rings. The van der Waals surface area contributed by atoms with Gasteiger partial charge in [0.15, 0.2) is 6.10 Å². The van der Waals surface area contributed by atoms with Crippen molar-refractivity contribution >= 4 is 16.9 Å². The number of hydrogen-bond acceptors (Lipinski definition) is 6. The Morgan fingerprint density at radius 3 is 1.84 bits per heavy atom. The fourth-order valence-electron chi connectivity index (χ4n) is 3.72. The highest BCUT2D eigenvalue weighted by atomic mass is 32.2. The van der Waals surface area contributed by atoms with Crippen LogP contribution in [0, 0.1) is 5.92 Å². The molecule has 5 nitrogen and oxygen atoms in total. The highest BCUT2D eigenvalue weighted by Gasteiger charge is 2.38.